The number of nitrogens with zero attached hydrogens (tertiary/aromatic N) is 4. The molecule has 27 heteroatoms. The Balaban J connectivity index is 1.21. The van der Waals surface area contributed by atoms with Crippen molar-refractivity contribution >= 4 is 65.1 Å². The standard InChI is InChI=1S/C68H106N12O15/c1-15-42(8)57(50(93-13)37-53(83)79-36-20-24-49(79)59(94-14)43(9)60(85)72-44(10)58(84)46-21-17-16-18-22-46)77(11)64(89)55(40(4)5)75-63(88)56(41(6)7)78(12)67(92)95-38-45-25-27-47(28-26-45)73-61(86)48(23-19-33-71-66(69)91)74-62(87)54(39(2)3)76-65(90)68(31-34-70-35-32-68)80-51(81)29-30-52(80)82/h16-18,21-22,25-30,39-44,48-51,54-59,70,81,84H,15,19-20,23-24,31-38H2,1-14H3,(H,72,85)(H,73,86)(H,74,87)(H,75,88)(H,76,90)(H3,69,71,91)/t42-,43+,44+,48-,49-,50+,51?,54-,55-,56-,57-,58+,59+/m0/s1. The predicted octanol–water partition coefficient (Wildman–Crippen LogP) is 3.43. The van der Waals surface area contributed by atoms with E-state index >= 15 is 0 Å². The largest absolute Gasteiger partial charge is 0.445 e. The number of carbonyl (C=O) groups excluding carboxylic acids is 10. The van der Waals surface area contributed by atoms with Gasteiger partial charge in [-0.3, -0.25) is 48.2 Å². The third kappa shape index (κ3) is 20.4. The second-order valence-corrected chi connectivity index (χ2v) is 26.5. The van der Waals surface area contributed by atoms with Crippen molar-refractivity contribution in [2.45, 2.75) is 200 Å². The highest BCUT2D eigenvalue weighted by molar-refractivity contribution is 6.01. The van der Waals surface area contributed by atoms with E-state index in [-0.39, 0.29) is 63.0 Å². The maximum absolute atomic E-state index is 14.8. The zero-order valence-corrected chi connectivity index (χ0v) is 57.8. The minimum atomic E-state index is -1.46. The SMILES string of the molecule is CC[C@H](C)[C@@H]([C@@H](CC(=O)N1CCC[C@H]1[C@H](OC)[C@@H](C)C(=O)N[C@H](C)[C@@H](O)c1ccccc1)OC)N(C)C(=O)[C@@H](NC(=O)[C@H](C(C)C)N(C)C(=O)OCc1ccc(NC(=O)[C@H](CCCNC(N)=O)NC(=O)[C@@H](NC(=O)C2(N3C(=O)C=CC3O)CCNCC2)C(C)C)cc1)C(C)C. The summed E-state index contributed by atoms with van der Waals surface area (Å²) in [7, 11) is 6.07. The first-order chi connectivity index (χ1) is 44.9. The molecule has 2 aromatic carbocycles. The van der Waals surface area contributed by atoms with Crippen molar-refractivity contribution in [2.75, 3.05) is 59.8 Å². The smallest absolute Gasteiger partial charge is 0.410 e. The Labute approximate surface area is 559 Å². The monoisotopic (exact) mass is 1330 g/mol. The van der Waals surface area contributed by atoms with Crippen molar-refractivity contribution in [3.8, 4) is 0 Å². The number of hydrogen-bond acceptors (Lipinski definition) is 16. The number of aliphatic hydroxyl groups excluding tert-OH is 2. The van der Waals surface area contributed by atoms with Crippen molar-refractivity contribution < 1.29 is 72.4 Å². The molecule has 0 aromatic heterocycles. The fourth-order valence-corrected chi connectivity index (χ4v) is 13.1. The number of benzene rings is 2. The maximum Gasteiger partial charge on any atom is 0.410 e. The summed E-state index contributed by atoms with van der Waals surface area (Å²) in [6, 6.07) is 8.43. The lowest BCUT2D eigenvalue weighted by molar-refractivity contribution is -0.156. The molecule has 27 nitrogen and oxygen atoms in total. The average molecular weight is 1330 g/mol. The molecule has 528 valence electrons. The number of nitrogens with one attached hydrogen (secondary N) is 7. The number of hydrogen-bond donors (Lipinski definition) is 10. The molecule has 2 saturated heterocycles. The van der Waals surface area contributed by atoms with E-state index in [1.54, 1.807) is 109 Å². The number of rotatable bonds is 34. The van der Waals surface area contributed by atoms with Crippen LogP contribution in [-0.2, 0) is 59.2 Å². The third-order valence-corrected chi connectivity index (χ3v) is 18.7. The van der Waals surface area contributed by atoms with Crippen LogP contribution in [0.5, 0.6) is 0 Å². The Morgan fingerprint density at radius 1 is 0.779 bits per heavy atom. The molecule has 95 heavy (non-hydrogen) atoms. The number of methoxy groups -OCH3 is 2. The number of likely N-dealkylation sites (N-methyl/N-ethyl adjacent to an activating group) is 2. The molecule has 5 rings (SSSR count). The molecule has 3 heterocycles. The minimum Gasteiger partial charge on any atom is -0.445 e. The average Bonchev–Trinajstić information content (AvgIpc) is 1.06. The van der Waals surface area contributed by atoms with Crippen LogP contribution in [0.3, 0.4) is 0 Å². The number of piperidine rings is 1. The van der Waals surface area contributed by atoms with Crippen LogP contribution in [0.15, 0.2) is 66.7 Å². The van der Waals surface area contributed by atoms with Crippen LogP contribution >= 0.6 is 0 Å². The summed E-state index contributed by atoms with van der Waals surface area (Å²) in [5.41, 5.74) is 5.31. The first-order valence-corrected chi connectivity index (χ1v) is 33.2. The van der Waals surface area contributed by atoms with E-state index in [1.807, 2.05) is 32.0 Å². The van der Waals surface area contributed by atoms with Gasteiger partial charge in [-0.2, -0.15) is 0 Å². The molecule has 11 N–H and O–H groups in total. The molecule has 1 unspecified atom stereocenters. The Hall–Kier alpha value is -7.72. The molecule has 0 aliphatic carbocycles. The van der Waals surface area contributed by atoms with Gasteiger partial charge >= 0.3 is 12.1 Å². The molecule has 3 aliphatic rings. The van der Waals surface area contributed by atoms with Crippen molar-refractivity contribution in [3.63, 3.8) is 0 Å². The molecule has 0 spiro atoms. The van der Waals surface area contributed by atoms with Crippen LogP contribution in [0.1, 0.15) is 138 Å². The Bertz CT molecular complexity index is 2950. The van der Waals surface area contributed by atoms with Gasteiger partial charge in [-0.05, 0) is 112 Å². The number of amides is 11. The number of primary amides is 1. The van der Waals surface area contributed by atoms with E-state index in [0.717, 1.165) is 4.90 Å². The van der Waals surface area contributed by atoms with Gasteiger partial charge in [0.1, 0.15) is 42.5 Å². The highest BCUT2D eigenvalue weighted by atomic mass is 16.6. The van der Waals surface area contributed by atoms with Crippen LogP contribution in [0, 0.1) is 29.6 Å². The maximum atomic E-state index is 14.8. The van der Waals surface area contributed by atoms with E-state index in [0.29, 0.717) is 55.7 Å². The quantitative estimate of drug-likeness (QED) is 0.0449. The van der Waals surface area contributed by atoms with Gasteiger partial charge in [-0.15, -0.1) is 0 Å². The second-order valence-electron chi connectivity index (χ2n) is 26.5. The molecule has 13 atom stereocenters. The van der Waals surface area contributed by atoms with Gasteiger partial charge in [0.05, 0.1) is 48.8 Å². The number of carbonyl (C=O) groups is 10. The van der Waals surface area contributed by atoms with E-state index < -0.39 is 144 Å². The molecule has 2 aromatic rings. The normalized spacial score (nSPS) is 19.6. The number of urea groups is 1. The van der Waals surface area contributed by atoms with E-state index in [4.69, 9.17) is 19.9 Å². The second kappa shape index (κ2) is 36.4. The summed E-state index contributed by atoms with van der Waals surface area (Å²) >= 11 is 0. The summed E-state index contributed by atoms with van der Waals surface area (Å²) in [6.07, 6.45) is 0.335. The predicted molar refractivity (Wildman–Crippen MR) is 356 cm³/mol. The van der Waals surface area contributed by atoms with Gasteiger partial charge < -0.3 is 77.2 Å². The molecule has 2 fully saturated rings. The summed E-state index contributed by atoms with van der Waals surface area (Å²) in [4.78, 5) is 144. The van der Waals surface area contributed by atoms with Gasteiger partial charge in [0.2, 0.25) is 47.3 Å². The number of nitrogens with two attached hydrogens (primary N) is 1. The van der Waals surface area contributed by atoms with Crippen molar-refractivity contribution in [2.24, 2.45) is 35.3 Å². The molecule has 3 aliphatic heterocycles. The lowest BCUT2D eigenvalue weighted by Crippen LogP contribution is -2.67. The lowest BCUT2D eigenvalue weighted by Gasteiger charge is -2.45. The zero-order chi connectivity index (χ0) is 70.6. The molecular weight excluding hydrogens is 1220 g/mol. The van der Waals surface area contributed by atoms with Gasteiger partial charge in [0.25, 0.3) is 0 Å². The number of anilines is 1. The van der Waals surface area contributed by atoms with Gasteiger partial charge in [-0.25, -0.2) is 9.59 Å². The molecule has 0 radical (unpaired) electrons. The summed E-state index contributed by atoms with van der Waals surface area (Å²) in [5, 5.41) is 41.6. The minimum absolute atomic E-state index is 0.0406. The van der Waals surface area contributed by atoms with Crippen LogP contribution in [0.4, 0.5) is 15.3 Å². The van der Waals surface area contributed by atoms with E-state index in [9.17, 15) is 58.2 Å². The fraction of sp³-hybridized carbons (Fsp3) is 0.647. The molecular formula is C68H106N12O15. The van der Waals surface area contributed by atoms with Crippen LogP contribution in [-0.4, -0.2) is 210 Å². The van der Waals surface area contributed by atoms with E-state index in [1.165, 1.54) is 38.3 Å². The van der Waals surface area contributed by atoms with Gasteiger partial charge in [0, 0.05) is 53.2 Å². The van der Waals surface area contributed by atoms with Gasteiger partial charge in [-0.1, -0.05) is 111 Å². The van der Waals surface area contributed by atoms with E-state index in [2.05, 4.69) is 37.2 Å². The van der Waals surface area contributed by atoms with Crippen LogP contribution in [0.25, 0.3) is 0 Å². The Morgan fingerprint density at radius 3 is 1.98 bits per heavy atom. The summed E-state index contributed by atoms with van der Waals surface area (Å²) < 4.78 is 17.8. The Morgan fingerprint density at radius 2 is 1.42 bits per heavy atom. The molecule has 0 bridgehead atoms. The lowest BCUT2D eigenvalue weighted by atomic mass is 9.84. The number of ether oxygens (including phenoxy) is 3. The first kappa shape index (κ1) is 78.0. The third-order valence-electron chi connectivity index (χ3n) is 18.7. The van der Waals surface area contributed by atoms with Crippen LogP contribution in [0.2, 0.25) is 0 Å². The summed E-state index contributed by atoms with van der Waals surface area (Å²) in [5.74, 6) is -6.31. The van der Waals surface area contributed by atoms with Crippen molar-refractivity contribution in [3.05, 3.63) is 77.9 Å². The fourth-order valence-electron chi connectivity index (χ4n) is 13.1. The molecule has 0 saturated carbocycles. The first-order valence-electron chi connectivity index (χ1n) is 33.2. The summed E-state index contributed by atoms with van der Waals surface area (Å²) in [6.45, 7) is 19.0. The number of aliphatic hydroxyl groups is 2. The van der Waals surface area contributed by atoms with Crippen molar-refractivity contribution in [1.82, 2.24) is 51.5 Å². The highest BCUT2D eigenvalue weighted by Gasteiger charge is 2.52. The Kier molecular flexibility index (Phi) is 29.9. The topological polar surface area (TPSA) is 362 Å². The molecule has 11 amide bonds. The van der Waals surface area contributed by atoms with Gasteiger partial charge in [0.15, 0.2) is 0 Å². The highest BCUT2D eigenvalue weighted by Crippen LogP contribution is 2.34. The number of likely N-dealkylation sites (tertiary alicyclic amines) is 1. The zero-order valence-electron chi connectivity index (χ0n) is 57.8. The van der Waals surface area contributed by atoms with Crippen LogP contribution < -0.4 is 43.0 Å². The van der Waals surface area contributed by atoms with Crippen molar-refractivity contribution in [1.29, 1.82) is 0 Å².